The number of aromatic nitrogens is 1. The summed E-state index contributed by atoms with van der Waals surface area (Å²) < 4.78 is 5.09. The minimum absolute atomic E-state index is 0.272. The lowest BCUT2D eigenvalue weighted by molar-refractivity contribution is 0.0996. The summed E-state index contributed by atoms with van der Waals surface area (Å²) in [6.45, 7) is 2.06. The zero-order valence-corrected chi connectivity index (χ0v) is 15.4. The Kier molecular flexibility index (Phi) is 4.72. The van der Waals surface area contributed by atoms with Crippen LogP contribution in [0.25, 0.3) is 11.3 Å². The summed E-state index contributed by atoms with van der Waals surface area (Å²) >= 11 is 1.55. The first-order valence-electron chi connectivity index (χ1n) is 8.42. The number of thiazole rings is 1. The Labute approximate surface area is 160 Å². The molecule has 5 nitrogen and oxygen atoms in total. The third-order valence-electron chi connectivity index (χ3n) is 3.96. The fourth-order valence-electron chi connectivity index (χ4n) is 2.63. The van der Waals surface area contributed by atoms with Crippen molar-refractivity contribution in [2.75, 3.05) is 10.6 Å². The largest absolute Gasteiger partial charge is 0.459 e. The van der Waals surface area contributed by atoms with Crippen molar-refractivity contribution < 1.29 is 9.21 Å². The molecule has 0 radical (unpaired) electrons. The van der Waals surface area contributed by atoms with Crippen LogP contribution in [0.1, 0.15) is 16.1 Å². The van der Waals surface area contributed by atoms with Crippen molar-refractivity contribution in [1.29, 1.82) is 0 Å². The highest BCUT2D eigenvalue weighted by Crippen LogP contribution is 2.28. The van der Waals surface area contributed by atoms with Crippen LogP contribution < -0.4 is 10.6 Å². The van der Waals surface area contributed by atoms with E-state index < -0.39 is 0 Å². The maximum absolute atomic E-state index is 12.0. The lowest BCUT2D eigenvalue weighted by Crippen LogP contribution is -2.10. The Balaban J connectivity index is 1.45. The van der Waals surface area contributed by atoms with Gasteiger partial charge >= 0.3 is 0 Å². The third-order valence-corrected chi connectivity index (χ3v) is 4.71. The zero-order chi connectivity index (χ0) is 18.6. The first-order chi connectivity index (χ1) is 13.2. The van der Waals surface area contributed by atoms with Gasteiger partial charge in [-0.05, 0) is 48.9 Å². The van der Waals surface area contributed by atoms with Crippen LogP contribution in [-0.4, -0.2) is 10.9 Å². The van der Waals surface area contributed by atoms with E-state index in [-0.39, 0.29) is 11.7 Å². The van der Waals surface area contributed by atoms with Gasteiger partial charge < -0.3 is 15.1 Å². The number of rotatable bonds is 5. The number of aryl methyl sites for hydroxylation is 1. The van der Waals surface area contributed by atoms with E-state index in [0.717, 1.165) is 22.1 Å². The minimum atomic E-state index is -0.272. The molecule has 27 heavy (non-hydrogen) atoms. The standard InChI is InChI=1S/C21H17N3O2S/c1-14-4-2-5-17(12-14)23-21-24-18(13-27-21)15-7-9-16(10-8-15)22-20(25)19-6-3-11-26-19/h2-13H,1H3,(H,22,25)(H,23,24). The number of anilines is 3. The van der Waals surface area contributed by atoms with E-state index in [1.165, 1.54) is 11.8 Å². The van der Waals surface area contributed by atoms with Crippen LogP contribution in [0.3, 0.4) is 0 Å². The van der Waals surface area contributed by atoms with E-state index >= 15 is 0 Å². The molecule has 134 valence electrons. The number of hydrogen-bond donors (Lipinski definition) is 2. The van der Waals surface area contributed by atoms with Gasteiger partial charge in [-0.15, -0.1) is 11.3 Å². The Morgan fingerprint density at radius 1 is 1.04 bits per heavy atom. The van der Waals surface area contributed by atoms with Crippen LogP contribution in [-0.2, 0) is 0 Å². The van der Waals surface area contributed by atoms with Crippen LogP contribution in [0.5, 0.6) is 0 Å². The third kappa shape index (κ3) is 4.07. The first-order valence-corrected chi connectivity index (χ1v) is 9.30. The van der Waals surface area contributed by atoms with E-state index in [9.17, 15) is 4.79 Å². The van der Waals surface area contributed by atoms with E-state index in [0.29, 0.717) is 5.69 Å². The number of nitrogens with one attached hydrogen (secondary N) is 2. The molecule has 0 spiro atoms. The zero-order valence-electron chi connectivity index (χ0n) is 14.6. The Hall–Kier alpha value is -3.38. The average molecular weight is 375 g/mol. The molecule has 2 aromatic heterocycles. The summed E-state index contributed by atoms with van der Waals surface area (Å²) in [5.41, 5.74) is 4.79. The Morgan fingerprint density at radius 2 is 1.89 bits per heavy atom. The number of hydrogen-bond acceptors (Lipinski definition) is 5. The summed E-state index contributed by atoms with van der Waals surface area (Å²) in [4.78, 5) is 16.6. The van der Waals surface area contributed by atoms with Crippen molar-refractivity contribution in [3.05, 3.63) is 83.6 Å². The highest BCUT2D eigenvalue weighted by atomic mass is 32.1. The van der Waals surface area contributed by atoms with Gasteiger partial charge in [-0.3, -0.25) is 4.79 Å². The van der Waals surface area contributed by atoms with Gasteiger partial charge in [0.2, 0.25) is 0 Å². The van der Waals surface area contributed by atoms with Crippen LogP contribution >= 0.6 is 11.3 Å². The molecular weight excluding hydrogens is 358 g/mol. The van der Waals surface area contributed by atoms with Gasteiger partial charge in [-0.1, -0.05) is 24.3 Å². The molecule has 4 aromatic rings. The summed E-state index contributed by atoms with van der Waals surface area (Å²) in [6.07, 6.45) is 1.47. The second kappa shape index (κ2) is 7.47. The fraction of sp³-hybridized carbons (Fsp3) is 0.0476. The van der Waals surface area contributed by atoms with E-state index in [4.69, 9.17) is 4.42 Å². The molecule has 0 atom stereocenters. The van der Waals surface area contributed by atoms with Crippen LogP contribution in [0.15, 0.2) is 76.7 Å². The van der Waals surface area contributed by atoms with Crippen molar-refractivity contribution in [3.8, 4) is 11.3 Å². The lowest BCUT2D eigenvalue weighted by Gasteiger charge is -2.04. The molecule has 2 N–H and O–H groups in total. The number of amides is 1. The maximum atomic E-state index is 12.0. The van der Waals surface area contributed by atoms with Crippen LogP contribution in [0.2, 0.25) is 0 Å². The highest BCUT2D eigenvalue weighted by Gasteiger charge is 2.09. The van der Waals surface area contributed by atoms with Gasteiger partial charge in [0.25, 0.3) is 5.91 Å². The van der Waals surface area contributed by atoms with Gasteiger partial charge in [0.05, 0.1) is 12.0 Å². The Morgan fingerprint density at radius 3 is 2.63 bits per heavy atom. The lowest BCUT2D eigenvalue weighted by atomic mass is 10.1. The summed E-state index contributed by atoms with van der Waals surface area (Å²) in [7, 11) is 0. The maximum Gasteiger partial charge on any atom is 0.291 e. The molecule has 0 aliphatic heterocycles. The number of furan rings is 1. The molecule has 0 bridgehead atoms. The predicted molar refractivity (Wildman–Crippen MR) is 109 cm³/mol. The quantitative estimate of drug-likeness (QED) is 0.469. The molecule has 0 aliphatic carbocycles. The van der Waals surface area contributed by atoms with Crippen molar-refractivity contribution in [3.63, 3.8) is 0 Å². The highest BCUT2D eigenvalue weighted by molar-refractivity contribution is 7.14. The molecule has 6 heteroatoms. The minimum Gasteiger partial charge on any atom is -0.459 e. The second-order valence-electron chi connectivity index (χ2n) is 6.04. The molecule has 1 amide bonds. The van der Waals surface area contributed by atoms with Crippen molar-refractivity contribution in [1.82, 2.24) is 4.98 Å². The molecule has 2 heterocycles. The number of nitrogens with zero attached hydrogens (tertiary/aromatic N) is 1. The summed E-state index contributed by atoms with van der Waals surface area (Å²) in [5.74, 6) is 0.0106. The van der Waals surface area contributed by atoms with Crippen LogP contribution in [0, 0.1) is 6.92 Å². The first kappa shape index (κ1) is 17.1. The van der Waals surface area contributed by atoms with Gasteiger partial charge in [-0.2, -0.15) is 0 Å². The van der Waals surface area contributed by atoms with Gasteiger partial charge in [0.15, 0.2) is 10.9 Å². The average Bonchev–Trinajstić information content (AvgIpc) is 3.34. The van der Waals surface area contributed by atoms with E-state index in [1.807, 2.05) is 41.8 Å². The number of carbonyl (C=O) groups is 1. The van der Waals surface area contributed by atoms with Gasteiger partial charge in [0.1, 0.15) is 0 Å². The Bertz CT molecular complexity index is 1050. The fourth-order valence-corrected chi connectivity index (χ4v) is 3.37. The summed E-state index contributed by atoms with van der Waals surface area (Å²) in [6, 6.07) is 19.1. The van der Waals surface area contributed by atoms with Crippen molar-refractivity contribution in [2.45, 2.75) is 6.92 Å². The van der Waals surface area contributed by atoms with Crippen molar-refractivity contribution in [2.24, 2.45) is 0 Å². The van der Waals surface area contributed by atoms with E-state index in [1.54, 1.807) is 23.5 Å². The normalized spacial score (nSPS) is 10.6. The topological polar surface area (TPSA) is 67.2 Å². The van der Waals surface area contributed by atoms with E-state index in [2.05, 4.69) is 34.7 Å². The smallest absolute Gasteiger partial charge is 0.291 e. The number of benzene rings is 2. The molecule has 0 unspecified atom stereocenters. The van der Waals surface area contributed by atoms with Gasteiger partial charge in [-0.25, -0.2) is 4.98 Å². The molecule has 4 rings (SSSR count). The van der Waals surface area contributed by atoms with Crippen molar-refractivity contribution >= 4 is 33.8 Å². The van der Waals surface area contributed by atoms with Crippen LogP contribution in [0.4, 0.5) is 16.5 Å². The molecule has 0 fully saturated rings. The predicted octanol–water partition coefficient (Wildman–Crippen LogP) is 5.71. The second-order valence-corrected chi connectivity index (χ2v) is 6.90. The molecule has 2 aromatic carbocycles. The SMILES string of the molecule is Cc1cccc(Nc2nc(-c3ccc(NC(=O)c4ccco4)cc3)cs2)c1. The number of carbonyl (C=O) groups excluding carboxylic acids is 1. The monoisotopic (exact) mass is 375 g/mol. The molecule has 0 saturated carbocycles. The molecule has 0 aliphatic rings. The van der Waals surface area contributed by atoms with Gasteiger partial charge in [0, 0.05) is 22.3 Å². The molecular formula is C21H17N3O2S. The molecule has 0 saturated heterocycles. The summed E-state index contributed by atoms with van der Waals surface area (Å²) in [5, 5.41) is 8.98.